The van der Waals surface area contributed by atoms with Crippen LogP contribution in [0, 0.1) is 0 Å². The van der Waals surface area contributed by atoms with E-state index in [2.05, 4.69) is 11.2 Å². The lowest BCUT2D eigenvalue weighted by atomic mass is 9.98. The molecule has 0 aromatic heterocycles. The van der Waals surface area contributed by atoms with Crippen molar-refractivity contribution in [2.75, 3.05) is 25.1 Å². The molecule has 82 valence electrons. The van der Waals surface area contributed by atoms with Gasteiger partial charge in [0, 0.05) is 24.8 Å². The van der Waals surface area contributed by atoms with E-state index in [1.807, 2.05) is 11.8 Å². The number of piperidine rings is 1. The standard InChI is InChI=1S/C11H21NOS/c1-10(13)9-11-5-3-4-6-12(11)7-8-14-2/h11H,3-9H2,1-2H3. The Morgan fingerprint density at radius 3 is 2.93 bits per heavy atom. The Morgan fingerprint density at radius 2 is 2.29 bits per heavy atom. The number of carbonyl (C=O) groups is 1. The molecule has 0 aromatic carbocycles. The third-order valence-electron chi connectivity index (χ3n) is 2.85. The fraction of sp³-hybridized carbons (Fsp3) is 0.909. The fourth-order valence-electron chi connectivity index (χ4n) is 2.13. The summed E-state index contributed by atoms with van der Waals surface area (Å²) in [6.07, 6.45) is 6.72. The van der Waals surface area contributed by atoms with E-state index in [0.717, 1.165) is 13.0 Å². The molecule has 1 rings (SSSR count). The van der Waals surface area contributed by atoms with Crippen molar-refractivity contribution in [3.8, 4) is 0 Å². The zero-order valence-electron chi connectivity index (χ0n) is 9.29. The van der Waals surface area contributed by atoms with Crippen molar-refractivity contribution in [1.82, 2.24) is 4.90 Å². The van der Waals surface area contributed by atoms with Gasteiger partial charge < -0.3 is 0 Å². The molecule has 0 aromatic rings. The number of nitrogens with zero attached hydrogens (tertiary/aromatic N) is 1. The highest BCUT2D eigenvalue weighted by atomic mass is 32.2. The first-order chi connectivity index (χ1) is 6.74. The van der Waals surface area contributed by atoms with E-state index in [4.69, 9.17) is 0 Å². The van der Waals surface area contributed by atoms with Crippen LogP contribution in [-0.4, -0.2) is 41.8 Å². The summed E-state index contributed by atoms with van der Waals surface area (Å²) < 4.78 is 0. The van der Waals surface area contributed by atoms with Gasteiger partial charge in [0.2, 0.25) is 0 Å². The number of likely N-dealkylation sites (tertiary alicyclic amines) is 1. The Balaban J connectivity index is 2.37. The van der Waals surface area contributed by atoms with Gasteiger partial charge >= 0.3 is 0 Å². The zero-order chi connectivity index (χ0) is 10.4. The minimum atomic E-state index is 0.339. The summed E-state index contributed by atoms with van der Waals surface area (Å²) in [6.45, 7) is 4.05. The van der Waals surface area contributed by atoms with Gasteiger partial charge in [-0.2, -0.15) is 11.8 Å². The second-order valence-electron chi connectivity index (χ2n) is 4.08. The van der Waals surface area contributed by atoms with E-state index in [9.17, 15) is 4.79 Å². The van der Waals surface area contributed by atoms with E-state index in [1.54, 1.807) is 6.92 Å². The predicted octanol–water partition coefficient (Wildman–Crippen LogP) is 2.18. The second-order valence-corrected chi connectivity index (χ2v) is 5.07. The first kappa shape index (κ1) is 12.1. The number of ketones is 1. The highest BCUT2D eigenvalue weighted by Gasteiger charge is 2.22. The zero-order valence-corrected chi connectivity index (χ0v) is 10.1. The molecule has 3 heteroatoms. The van der Waals surface area contributed by atoms with Crippen LogP contribution in [0.25, 0.3) is 0 Å². The number of hydrogen-bond acceptors (Lipinski definition) is 3. The van der Waals surface area contributed by atoms with Crippen molar-refractivity contribution in [2.45, 2.75) is 38.6 Å². The van der Waals surface area contributed by atoms with Gasteiger partial charge in [-0.25, -0.2) is 0 Å². The Hall–Kier alpha value is -0.0200. The van der Waals surface area contributed by atoms with Crippen LogP contribution in [0.2, 0.25) is 0 Å². The van der Waals surface area contributed by atoms with Gasteiger partial charge in [0.1, 0.15) is 5.78 Å². The van der Waals surface area contributed by atoms with Crippen LogP contribution in [0.4, 0.5) is 0 Å². The van der Waals surface area contributed by atoms with Crippen LogP contribution in [0.5, 0.6) is 0 Å². The molecule has 0 spiro atoms. The summed E-state index contributed by atoms with van der Waals surface area (Å²) in [5.74, 6) is 1.53. The number of hydrogen-bond donors (Lipinski definition) is 0. The molecular weight excluding hydrogens is 194 g/mol. The highest BCUT2D eigenvalue weighted by Crippen LogP contribution is 2.19. The van der Waals surface area contributed by atoms with Gasteiger partial charge in [0.15, 0.2) is 0 Å². The van der Waals surface area contributed by atoms with Crippen LogP contribution in [-0.2, 0) is 4.79 Å². The lowest BCUT2D eigenvalue weighted by Crippen LogP contribution is -2.41. The van der Waals surface area contributed by atoms with Gasteiger partial charge in [0.05, 0.1) is 0 Å². The van der Waals surface area contributed by atoms with Crippen LogP contribution in [0.3, 0.4) is 0 Å². The Kier molecular flexibility index (Phi) is 5.56. The second kappa shape index (κ2) is 6.46. The summed E-state index contributed by atoms with van der Waals surface area (Å²) in [5.41, 5.74) is 0. The van der Waals surface area contributed by atoms with Crippen molar-refractivity contribution in [3.63, 3.8) is 0 Å². The van der Waals surface area contributed by atoms with Gasteiger partial charge in [-0.1, -0.05) is 6.42 Å². The van der Waals surface area contributed by atoms with E-state index in [0.29, 0.717) is 11.8 Å². The van der Waals surface area contributed by atoms with Crippen molar-refractivity contribution >= 4 is 17.5 Å². The van der Waals surface area contributed by atoms with Crippen LogP contribution >= 0.6 is 11.8 Å². The van der Waals surface area contributed by atoms with Crippen molar-refractivity contribution in [2.24, 2.45) is 0 Å². The largest absolute Gasteiger partial charge is 0.300 e. The highest BCUT2D eigenvalue weighted by molar-refractivity contribution is 7.98. The maximum absolute atomic E-state index is 11.1. The molecule has 0 amide bonds. The van der Waals surface area contributed by atoms with E-state index >= 15 is 0 Å². The first-order valence-corrected chi connectivity index (χ1v) is 6.86. The molecule has 1 aliphatic rings. The molecule has 14 heavy (non-hydrogen) atoms. The number of thioether (sulfide) groups is 1. The van der Waals surface area contributed by atoms with Gasteiger partial charge in [-0.3, -0.25) is 9.69 Å². The van der Waals surface area contributed by atoms with Crippen LogP contribution in [0.15, 0.2) is 0 Å². The molecule has 1 unspecified atom stereocenters. The Bertz CT molecular complexity index is 184. The molecule has 1 saturated heterocycles. The molecule has 0 N–H and O–H groups in total. The van der Waals surface area contributed by atoms with Crippen molar-refractivity contribution < 1.29 is 4.79 Å². The van der Waals surface area contributed by atoms with Crippen LogP contribution < -0.4 is 0 Å². The first-order valence-electron chi connectivity index (χ1n) is 5.46. The maximum Gasteiger partial charge on any atom is 0.131 e. The Morgan fingerprint density at radius 1 is 1.50 bits per heavy atom. The van der Waals surface area contributed by atoms with Crippen molar-refractivity contribution in [1.29, 1.82) is 0 Å². The topological polar surface area (TPSA) is 20.3 Å². The molecule has 0 bridgehead atoms. The van der Waals surface area contributed by atoms with Crippen LogP contribution in [0.1, 0.15) is 32.6 Å². The van der Waals surface area contributed by atoms with E-state index < -0.39 is 0 Å². The molecule has 0 saturated carbocycles. The quantitative estimate of drug-likeness (QED) is 0.701. The lowest BCUT2D eigenvalue weighted by Gasteiger charge is -2.35. The number of carbonyl (C=O) groups excluding carboxylic acids is 1. The molecule has 1 aliphatic heterocycles. The summed E-state index contributed by atoms with van der Waals surface area (Å²) in [4.78, 5) is 13.6. The molecule has 2 nitrogen and oxygen atoms in total. The molecule has 1 heterocycles. The molecular formula is C11H21NOS. The average molecular weight is 215 g/mol. The minimum Gasteiger partial charge on any atom is -0.300 e. The fourth-order valence-corrected chi connectivity index (χ4v) is 2.54. The van der Waals surface area contributed by atoms with Gasteiger partial charge in [-0.05, 0) is 32.6 Å². The molecule has 0 radical (unpaired) electrons. The third-order valence-corrected chi connectivity index (χ3v) is 3.45. The number of rotatable bonds is 5. The monoisotopic (exact) mass is 215 g/mol. The molecule has 1 fully saturated rings. The Labute approximate surface area is 91.4 Å². The third kappa shape index (κ3) is 4.01. The van der Waals surface area contributed by atoms with Crippen molar-refractivity contribution in [3.05, 3.63) is 0 Å². The lowest BCUT2D eigenvalue weighted by molar-refractivity contribution is -0.118. The summed E-state index contributed by atoms with van der Waals surface area (Å²) in [6, 6.07) is 0.536. The summed E-state index contributed by atoms with van der Waals surface area (Å²) >= 11 is 1.89. The van der Waals surface area contributed by atoms with Gasteiger partial charge in [0.25, 0.3) is 0 Å². The number of Topliss-reactive ketones (excluding diaryl/α,β-unsaturated/α-hetero) is 1. The summed E-state index contributed by atoms with van der Waals surface area (Å²) in [7, 11) is 0. The minimum absolute atomic E-state index is 0.339. The normalized spacial score (nSPS) is 23.7. The molecule has 1 atom stereocenters. The smallest absolute Gasteiger partial charge is 0.131 e. The average Bonchev–Trinajstić information content (AvgIpc) is 2.16. The SMILES string of the molecule is CSCCN1CCCCC1CC(C)=O. The van der Waals surface area contributed by atoms with E-state index in [-0.39, 0.29) is 0 Å². The summed E-state index contributed by atoms with van der Waals surface area (Å²) in [5, 5.41) is 0. The van der Waals surface area contributed by atoms with Gasteiger partial charge in [-0.15, -0.1) is 0 Å². The van der Waals surface area contributed by atoms with E-state index in [1.165, 1.54) is 31.6 Å². The molecule has 0 aliphatic carbocycles. The predicted molar refractivity (Wildman–Crippen MR) is 62.9 cm³/mol. The maximum atomic E-state index is 11.1.